The van der Waals surface area contributed by atoms with Gasteiger partial charge in [-0.3, -0.25) is 10.2 Å². The number of nitrogens with zero attached hydrogens (tertiary/aromatic N) is 1. The number of carboxylic acid groups (broad SMARTS) is 1. The molecule has 1 amide bonds. The number of thioether (sulfide) groups is 1. The molecule has 1 fully saturated rings. The highest BCUT2D eigenvalue weighted by molar-refractivity contribution is 8.26. The number of anilines is 1. The van der Waals surface area contributed by atoms with Gasteiger partial charge in [-0.1, -0.05) is 23.9 Å². The highest BCUT2D eigenvalue weighted by Gasteiger charge is 2.33. The molecule has 162 valence electrons. The molecular weight excluding hydrogens is 455 g/mol. The number of halogens is 1. The maximum absolute atomic E-state index is 13.5. The highest BCUT2D eigenvalue weighted by atomic mass is 32.2. The quantitative estimate of drug-likeness (QED) is 0.383. The highest BCUT2D eigenvalue weighted by Crippen LogP contribution is 2.36. The van der Waals surface area contributed by atoms with Crippen molar-refractivity contribution < 1.29 is 28.2 Å². The van der Waals surface area contributed by atoms with Gasteiger partial charge in [0.2, 0.25) is 0 Å². The third-order valence-electron chi connectivity index (χ3n) is 4.51. The van der Waals surface area contributed by atoms with E-state index in [1.165, 1.54) is 31.4 Å². The number of methoxy groups -OCH3 is 1. The number of hydrogen-bond donors (Lipinski definition) is 2. The summed E-state index contributed by atoms with van der Waals surface area (Å²) in [6.07, 6.45) is 1.53. The number of rotatable bonds is 6. The van der Waals surface area contributed by atoms with Crippen molar-refractivity contribution >= 4 is 51.9 Å². The molecule has 1 aliphatic rings. The van der Waals surface area contributed by atoms with Gasteiger partial charge in [0.15, 0.2) is 4.32 Å². The van der Waals surface area contributed by atoms with Gasteiger partial charge >= 0.3 is 5.97 Å². The van der Waals surface area contributed by atoms with Crippen molar-refractivity contribution in [2.24, 2.45) is 0 Å². The maximum atomic E-state index is 13.5. The first-order valence-corrected chi connectivity index (χ1v) is 10.4. The summed E-state index contributed by atoms with van der Waals surface area (Å²) in [4.78, 5) is 24.6. The smallest absolute Gasteiger partial charge is 0.337 e. The van der Waals surface area contributed by atoms with Crippen LogP contribution in [0.3, 0.4) is 0 Å². The summed E-state index contributed by atoms with van der Waals surface area (Å²) in [5.74, 6) is -0.864. The number of carboxylic acids is 1. The number of benzene rings is 2. The van der Waals surface area contributed by atoms with Crippen molar-refractivity contribution in [3.05, 3.63) is 76.6 Å². The lowest BCUT2D eigenvalue weighted by Gasteiger charge is -2.18. The SMILES string of the molecule is COc1cc(F)ccc1-c1ccc(C=C2SC(=S)N(Nc3ccccc3C(=O)O)C2=O)o1. The second kappa shape index (κ2) is 8.85. The topological polar surface area (TPSA) is 92.0 Å². The molecule has 0 radical (unpaired) electrons. The minimum atomic E-state index is -1.13. The van der Waals surface area contributed by atoms with Gasteiger partial charge in [0.05, 0.1) is 28.8 Å². The Bertz CT molecular complexity index is 1270. The summed E-state index contributed by atoms with van der Waals surface area (Å²) in [6, 6.07) is 13.6. The fraction of sp³-hybridized carbons (Fsp3) is 0.0455. The summed E-state index contributed by atoms with van der Waals surface area (Å²) >= 11 is 6.33. The van der Waals surface area contributed by atoms with E-state index in [1.54, 1.807) is 36.4 Å². The van der Waals surface area contributed by atoms with E-state index in [9.17, 15) is 19.1 Å². The van der Waals surface area contributed by atoms with Gasteiger partial charge in [0.1, 0.15) is 23.1 Å². The predicted molar refractivity (Wildman–Crippen MR) is 123 cm³/mol. The zero-order valence-corrected chi connectivity index (χ0v) is 18.1. The summed E-state index contributed by atoms with van der Waals surface area (Å²) in [7, 11) is 1.43. The lowest BCUT2D eigenvalue weighted by molar-refractivity contribution is -0.121. The van der Waals surface area contributed by atoms with E-state index in [0.717, 1.165) is 16.8 Å². The molecule has 0 bridgehead atoms. The minimum Gasteiger partial charge on any atom is -0.496 e. The van der Waals surface area contributed by atoms with Crippen LogP contribution < -0.4 is 10.2 Å². The summed E-state index contributed by atoms with van der Waals surface area (Å²) < 4.78 is 24.7. The van der Waals surface area contributed by atoms with Crippen LogP contribution in [-0.4, -0.2) is 33.4 Å². The van der Waals surface area contributed by atoms with Crippen LogP contribution in [0.1, 0.15) is 16.1 Å². The molecule has 0 aliphatic carbocycles. The number of carbonyl (C=O) groups excluding carboxylic acids is 1. The average molecular weight is 471 g/mol. The number of aromatic carboxylic acids is 1. The van der Waals surface area contributed by atoms with E-state index in [2.05, 4.69) is 5.43 Å². The molecule has 3 aromatic rings. The molecule has 2 heterocycles. The van der Waals surface area contributed by atoms with E-state index in [-0.39, 0.29) is 15.6 Å². The molecule has 0 atom stereocenters. The van der Waals surface area contributed by atoms with E-state index in [4.69, 9.17) is 21.4 Å². The van der Waals surface area contributed by atoms with Crippen molar-refractivity contribution in [3.8, 4) is 17.1 Å². The number of hydrazine groups is 1. The van der Waals surface area contributed by atoms with Crippen LogP contribution in [0.25, 0.3) is 17.4 Å². The van der Waals surface area contributed by atoms with Gasteiger partial charge in [-0.2, -0.15) is 0 Å². The van der Waals surface area contributed by atoms with Crippen molar-refractivity contribution in [2.45, 2.75) is 0 Å². The zero-order chi connectivity index (χ0) is 22.8. The van der Waals surface area contributed by atoms with Gasteiger partial charge < -0.3 is 14.3 Å². The molecule has 0 unspecified atom stereocenters. The summed E-state index contributed by atoms with van der Waals surface area (Å²) in [6.45, 7) is 0. The molecule has 4 rings (SSSR count). The number of thiocarbonyl (C=S) groups is 1. The van der Waals surface area contributed by atoms with Crippen molar-refractivity contribution in [3.63, 3.8) is 0 Å². The zero-order valence-electron chi connectivity index (χ0n) is 16.5. The Balaban J connectivity index is 1.57. The molecule has 0 saturated carbocycles. The van der Waals surface area contributed by atoms with Crippen LogP contribution in [0.4, 0.5) is 10.1 Å². The minimum absolute atomic E-state index is 0.00875. The van der Waals surface area contributed by atoms with Crippen LogP contribution in [0.15, 0.2) is 63.9 Å². The molecule has 2 aromatic carbocycles. The maximum Gasteiger partial charge on any atom is 0.337 e. The molecule has 0 spiro atoms. The monoisotopic (exact) mass is 470 g/mol. The largest absolute Gasteiger partial charge is 0.496 e. The summed E-state index contributed by atoms with van der Waals surface area (Å²) in [5, 5.41) is 10.4. The van der Waals surface area contributed by atoms with Gasteiger partial charge in [-0.25, -0.2) is 14.2 Å². The number of amides is 1. The Labute approximate surface area is 191 Å². The van der Waals surface area contributed by atoms with Crippen molar-refractivity contribution in [1.29, 1.82) is 0 Å². The van der Waals surface area contributed by atoms with E-state index < -0.39 is 17.7 Å². The average Bonchev–Trinajstić information content (AvgIpc) is 3.34. The second-order valence-corrected chi connectivity index (χ2v) is 8.20. The molecule has 1 aromatic heterocycles. The Morgan fingerprint density at radius 1 is 1.25 bits per heavy atom. The van der Waals surface area contributed by atoms with Crippen molar-refractivity contribution in [1.82, 2.24) is 5.01 Å². The lowest BCUT2D eigenvalue weighted by atomic mass is 10.1. The van der Waals surface area contributed by atoms with E-state index in [1.807, 2.05) is 0 Å². The van der Waals surface area contributed by atoms with Crippen LogP contribution in [0, 0.1) is 5.82 Å². The van der Waals surface area contributed by atoms with Gasteiger partial charge in [0, 0.05) is 12.1 Å². The second-order valence-electron chi connectivity index (χ2n) is 6.53. The first kappa shape index (κ1) is 21.6. The molecular formula is C22H15FN2O5S2. The Morgan fingerprint density at radius 2 is 2.03 bits per heavy atom. The standard InChI is InChI=1S/C22H15FN2O5S2/c1-29-18-10-12(23)6-8-15(18)17-9-7-13(30-17)11-19-20(26)25(22(31)32-19)24-16-5-3-2-4-14(16)21(27)28/h2-11,24H,1H3,(H,27,28). The van der Waals surface area contributed by atoms with Crippen LogP contribution in [0.2, 0.25) is 0 Å². The van der Waals surface area contributed by atoms with Crippen LogP contribution in [-0.2, 0) is 4.79 Å². The van der Waals surface area contributed by atoms with E-state index >= 15 is 0 Å². The number of para-hydroxylation sites is 1. The Hall–Kier alpha value is -3.63. The Kier molecular flexibility index (Phi) is 5.97. The number of carbonyl (C=O) groups is 2. The van der Waals surface area contributed by atoms with Gasteiger partial charge in [0.25, 0.3) is 5.91 Å². The number of furan rings is 1. The third-order valence-corrected chi connectivity index (χ3v) is 5.81. The molecule has 7 nitrogen and oxygen atoms in total. The molecule has 10 heteroatoms. The van der Waals surface area contributed by atoms with Crippen LogP contribution >= 0.6 is 24.0 Å². The molecule has 32 heavy (non-hydrogen) atoms. The van der Waals surface area contributed by atoms with E-state index in [0.29, 0.717) is 27.7 Å². The number of hydrogen-bond acceptors (Lipinski definition) is 7. The number of ether oxygens (including phenoxy) is 1. The van der Waals surface area contributed by atoms with Gasteiger partial charge in [-0.15, -0.1) is 0 Å². The lowest BCUT2D eigenvalue weighted by Crippen LogP contribution is -2.34. The van der Waals surface area contributed by atoms with Crippen LogP contribution in [0.5, 0.6) is 5.75 Å². The first-order chi connectivity index (χ1) is 15.4. The first-order valence-electron chi connectivity index (χ1n) is 9.18. The molecule has 1 saturated heterocycles. The normalized spacial score (nSPS) is 14.8. The fourth-order valence-electron chi connectivity index (χ4n) is 3.02. The molecule has 1 aliphatic heterocycles. The predicted octanol–water partition coefficient (Wildman–Crippen LogP) is 5.02. The van der Waals surface area contributed by atoms with Gasteiger partial charge in [-0.05, 0) is 48.6 Å². The summed E-state index contributed by atoms with van der Waals surface area (Å²) in [5.41, 5.74) is 3.58. The third kappa shape index (κ3) is 4.23. The Morgan fingerprint density at radius 3 is 2.78 bits per heavy atom. The van der Waals surface area contributed by atoms with Crippen molar-refractivity contribution in [2.75, 3.05) is 12.5 Å². The molecule has 2 N–H and O–H groups in total. The fourth-order valence-corrected chi connectivity index (χ4v) is 4.18. The number of nitrogens with one attached hydrogen (secondary N) is 1.